The van der Waals surface area contributed by atoms with Crippen molar-refractivity contribution < 1.29 is 17.9 Å². The highest BCUT2D eigenvalue weighted by atomic mass is 32.2. The van der Waals surface area contributed by atoms with Gasteiger partial charge in [0.2, 0.25) is 15.9 Å². The first-order chi connectivity index (χ1) is 13.1. The number of hydrogen-bond donors (Lipinski definition) is 1. The van der Waals surface area contributed by atoms with Gasteiger partial charge < -0.3 is 10.1 Å². The summed E-state index contributed by atoms with van der Waals surface area (Å²) in [6, 6.07) is 13.3. The number of rotatable bonds is 8. The molecule has 0 radical (unpaired) electrons. The van der Waals surface area contributed by atoms with Gasteiger partial charge in [-0.3, -0.25) is 9.10 Å². The van der Waals surface area contributed by atoms with Crippen molar-refractivity contribution in [2.45, 2.75) is 39.7 Å². The molecule has 1 N–H and O–H groups in total. The van der Waals surface area contributed by atoms with Crippen LogP contribution in [0.15, 0.2) is 48.5 Å². The molecule has 1 atom stereocenters. The van der Waals surface area contributed by atoms with Gasteiger partial charge in [-0.25, -0.2) is 8.42 Å². The van der Waals surface area contributed by atoms with E-state index in [2.05, 4.69) is 5.32 Å². The summed E-state index contributed by atoms with van der Waals surface area (Å²) in [5, 5.41) is 2.88. The van der Waals surface area contributed by atoms with Gasteiger partial charge in [-0.2, -0.15) is 0 Å². The van der Waals surface area contributed by atoms with Crippen LogP contribution in [0, 0.1) is 0 Å². The third kappa shape index (κ3) is 5.25. The van der Waals surface area contributed by atoms with E-state index in [0.29, 0.717) is 23.7 Å². The van der Waals surface area contributed by atoms with Crippen LogP contribution in [0.3, 0.4) is 0 Å². The molecular formula is C21H28N2O4S. The summed E-state index contributed by atoms with van der Waals surface area (Å²) in [6.45, 7) is 8.04. The quantitative estimate of drug-likeness (QED) is 0.721. The Balaban J connectivity index is 2.31. The monoisotopic (exact) mass is 404 g/mol. The minimum Gasteiger partial charge on any atom is -0.494 e. The number of ether oxygens (including phenoxy) is 1. The van der Waals surface area contributed by atoms with E-state index in [0.717, 1.165) is 16.1 Å². The molecule has 0 fully saturated rings. The zero-order valence-electron chi connectivity index (χ0n) is 17.0. The molecule has 0 aliphatic rings. The molecule has 0 bridgehead atoms. The molecule has 6 nitrogen and oxygen atoms in total. The van der Waals surface area contributed by atoms with Crippen LogP contribution in [-0.4, -0.2) is 33.2 Å². The standard InChI is InChI=1S/C21H28N2O4S/c1-6-27-18-13-11-17(12-14-18)23(28(5,25)26)16(4)21(24)22-20-10-8-7-9-19(20)15(2)3/h7-16H,6H2,1-5H3,(H,22,24)/t16-/m0/s1. The van der Waals surface area contributed by atoms with E-state index < -0.39 is 22.0 Å². The first kappa shape index (κ1) is 21.8. The molecular weight excluding hydrogens is 376 g/mol. The van der Waals surface area contributed by atoms with Crippen molar-refractivity contribution in [3.63, 3.8) is 0 Å². The molecule has 0 aliphatic heterocycles. The van der Waals surface area contributed by atoms with Crippen molar-refractivity contribution in [2.75, 3.05) is 22.5 Å². The van der Waals surface area contributed by atoms with Crippen LogP contribution in [0.1, 0.15) is 39.2 Å². The average Bonchev–Trinajstić information content (AvgIpc) is 2.62. The summed E-state index contributed by atoms with van der Waals surface area (Å²) in [4.78, 5) is 12.9. The fourth-order valence-electron chi connectivity index (χ4n) is 3.02. The van der Waals surface area contributed by atoms with Crippen LogP contribution in [0.5, 0.6) is 5.75 Å². The van der Waals surface area contributed by atoms with Crippen LogP contribution in [-0.2, 0) is 14.8 Å². The third-order valence-electron chi connectivity index (χ3n) is 4.33. The third-order valence-corrected chi connectivity index (χ3v) is 5.57. The Morgan fingerprint density at radius 2 is 1.68 bits per heavy atom. The summed E-state index contributed by atoms with van der Waals surface area (Å²) >= 11 is 0. The Bertz CT molecular complexity index is 908. The summed E-state index contributed by atoms with van der Waals surface area (Å²) in [6.07, 6.45) is 1.09. The number of amides is 1. The van der Waals surface area contributed by atoms with Crippen LogP contribution in [0.4, 0.5) is 11.4 Å². The largest absolute Gasteiger partial charge is 0.494 e. The SMILES string of the molecule is CCOc1ccc(N([C@@H](C)C(=O)Nc2ccccc2C(C)C)S(C)(=O)=O)cc1. The smallest absolute Gasteiger partial charge is 0.248 e. The summed E-state index contributed by atoms with van der Waals surface area (Å²) in [5.41, 5.74) is 2.09. The molecule has 0 heterocycles. The number of anilines is 2. The first-order valence-corrected chi connectivity index (χ1v) is 11.1. The first-order valence-electron chi connectivity index (χ1n) is 9.27. The Morgan fingerprint density at radius 1 is 1.07 bits per heavy atom. The summed E-state index contributed by atoms with van der Waals surface area (Å²) in [5.74, 6) is 0.471. The minimum absolute atomic E-state index is 0.226. The van der Waals surface area contributed by atoms with Crippen molar-refractivity contribution >= 4 is 27.3 Å². The van der Waals surface area contributed by atoms with E-state index in [1.165, 1.54) is 0 Å². The zero-order valence-corrected chi connectivity index (χ0v) is 17.8. The van der Waals surface area contributed by atoms with Gasteiger partial charge in [0, 0.05) is 5.69 Å². The Kier molecular flexibility index (Phi) is 7.07. The average molecular weight is 405 g/mol. The van der Waals surface area contributed by atoms with Crippen LogP contribution < -0.4 is 14.4 Å². The normalized spacial score (nSPS) is 12.5. The van der Waals surface area contributed by atoms with Gasteiger partial charge in [-0.15, -0.1) is 0 Å². The number of nitrogens with zero attached hydrogens (tertiary/aromatic N) is 1. The van der Waals surface area contributed by atoms with Crippen molar-refractivity contribution in [3.05, 3.63) is 54.1 Å². The molecule has 2 rings (SSSR count). The lowest BCUT2D eigenvalue weighted by Crippen LogP contribution is -2.45. The van der Waals surface area contributed by atoms with E-state index in [1.807, 2.05) is 45.0 Å². The van der Waals surface area contributed by atoms with Crippen LogP contribution in [0.25, 0.3) is 0 Å². The Labute approximate surface area is 167 Å². The second-order valence-electron chi connectivity index (χ2n) is 6.89. The lowest BCUT2D eigenvalue weighted by molar-refractivity contribution is -0.116. The maximum Gasteiger partial charge on any atom is 0.248 e. The van der Waals surface area contributed by atoms with Gasteiger partial charge in [0.25, 0.3) is 0 Å². The fourth-order valence-corrected chi connectivity index (χ4v) is 4.19. The van der Waals surface area contributed by atoms with Gasteiger partial charge in [0.15, 0.2) is 0 Å². The highest BCUT2D eigenvalue weighted by molar-refractivity contribution is 7.92. The van der Waals surface area contributed by atoms with Crippen molar-refractivity contribution in [1.82, 2.24) is 0 Å². The number of nitrogens with one attached hydrogen (secondary N) is 1. The topological polar surface area (TPSA) is 75.7 Å². The van der Waals surface area contributed by atoms with Gasteiger partial charge in [-0.1, -0.05) is 32.0 Å². The molecule has 0 spiro atoms. The van der Waals surface area contributed by atoms with E-state index in [4.69, 9.17) is 4.74 Å². The molecule has 0 saturated heterocycles. The molecule has 28 heavy (non-hydrogen) atoms. The fraction of sp³-hybridized carbons (Fsp3) is 0.381. The van der Waals surface area contributed by atoms with Gasteiger partial charge in [-0.05, 0) is 55.7 Å². The van der Waals surface area contributed by atoms with Crippen LogP contribution in [0.2, 0.25) is 0 Å². The molecule has 0 aromatic heterocycles. The van der Waals surface area contributed by atoms with Gasteiger partial charge >= 0.3 is 0 Å². The maximum atomic E-state index is 12.9. The molecule has 7 heteroatoms. The summed E-state index contributed by atoms with van der Waals surface area (Å²) in [7, 11) is -3.67. The van der Waals surface area contributed by atoms with E-state index in [9.17, 15) is 13.2 Å². The Morgan fingerprint density at radius 3 is 2.21 bits per heavy atom. The lowest BCUT2D eigenvalue weighted by Gasteiger charge is -2.28. The highest BCUT2D eigenvalue weighted by Gasteiger charge is 2.29. The number of hydrogen-bond acceptors (Lipinski definition) is 4. The predicted molar refractivity (Wildman–Crippen MR) is 114 cm³/mol. The second kappa shape index (κ2) is 9.10. The molecule has 0 saturated carbocycles. The highest BCUT2D eigenvalue weighted by Crippen LogP contribution is 2.27. The molecule has 152 valence electrons. The number of carbonyl (C=O) groups is 1. The van der Waals surface area contributed by atoms with E-state index >= 15 is 0 Å². The molecule has 1 amide bonds. The Hall–Kier alpha value is -2.54. The van der Waals surface area contributed by atoms with Gasteiger partial charge in [0.05, 0.1) is 18.6 Å². The number of sulfonamides is 1. The van der Waals surface area contributed by atoms with E-state index in [-0.39, 0.29) is 5.92 Å². The molecule has 2 aromatic rings. The van der Waals surface area contributed by atoms with Crippen molar-refractivity contribution in [1.29, 1.82) is 0 Å². The summed E-state index contributed by atoms with van der Waals surface area (Å²) < 4.78 is 31.4. The molecule has 0 unspecified atom stereocenters. The zero-order chi connectivity index (χ0) is 20.9. The number of para-hydroxylation sites is 1. The maximum absolute atomic E-state index is 12.9. The van der Waals surface area contributed by atoms with Gasteiger partial charge in [0.1, 0.15) is 11.8 Å². The van der Waals surface area contributed by atoms with Crippen LogP contribution >= 0.6 is 0 Å². The number of carbonyl (C=O) groups excluding carboxylic acids is 1. The number of benzene rings is 2. The van der Waals surface area contributed by atoms with Crippen molar-refractivity contribution in [3.8, 4) is 5.75 Å². The van der Waals surface area contributed by atoms with E-state index in [1.54, 1.807) is 31.2 Å². The minimum atomic E-state index is -3.67. The molecule has 2 aromatic carbocycles. The lowest BCUT2D eigenvalue weighted by atomic mass is 10.0. The second-order valence-corrected chi connectivity index (χ2v) is 8.75. The van der Waals surface area contributed by atoms with Crippen molar-refractivity contribution in [2.24, 2.45) is 0 Å². The predicted octanol–water partition coefficient (Wildman–Crippen LogP) is 4.00. The molecule has 0 aliphatic carbocycles.